The van der Waals surface area contributed by atoms with Crippen molar-refractivity contribution < 1.29 is 14.1 Å². The Hall–Kier alpha value is -2.44. The topological polar surface area (TPSA) is 44.6 Å². The van der Waals surface area contributed by atoms with Crippen LogP contribution in [-0.2, 0) is 13.2 Å². The second-order valence-corrected chi connectivity index (χ2v) is 6.17. The van der Waals surface area contributed by atoms with E-state index >= 15 is 0 Å². The normalized spacial score (nSPS) is 12.1. The number of rotatable bonds is 7. The SMILES string of the molecule is CC[NH+](Cc1ccccc1)Cn1nc(-c2ccc(OC)cc2)oc1=S. The van der Waals surface area contributed by atoms with Crippen molar-refractivity contribution >= 4 is 12.2 Å². The van der Waals surface area contributed by atoms with Crippen LogP contribution in [0.15, 0.2) is 59.0 Å². The van der Waals surface area contributed by atoms with E-state index in [-0.39, 0.29) is 0 Å². The molecule has 130 valence electrons. The summed E-state index contributed by atoms with van der Waals surface area (Å²) in [5.41, 5.74) is 2.18. The highest BCUT2D eigenvalue weighted by molar-refractivity contribution is 7.71. The minimum absolute atomic E-state index is 0.393. The third-order valence-corrected chi connectivity index (χ3v) is 4.41. The number of ether oxygens (including phenoxy) is 1. The van der Waals surface area contributed by atoms with Crippen LogP contribution < -0.4 is 9.64 Å². The first-order valence-corrected chi connectivity index (χ1v) is 8.70. The molecule has 3 aromatic rings. The smallest absolute Gasteiger partial charge is 0.292 e. The van der Waals surface area contributed by atoms with E-state index in [4.69, 9.17) is 21.4 Å². The van der Waals surface area contributed by atoms with Gasteiger partial charge in [-0.25, -0.2) is 0 Å². The summed E-state index contributed by atoms with van der Waals surface area (Å²) in [6.07, 6.45) is 0. The molecule has 1 aromatic heterocycles. The average Bonchev–Trinajstić information content (AvgIpc) is 3.02. The molecule has 0 aliphatic carbocycles. The van der Waals surface area contributed by atoms with E-state index in [1.54, 1.807) is 11.8 Å². The van der Waals surface area contributed by atoms with Crippen LogP contribution in [0.1, 0.15) is 12.5 Å². The van der Waals surface area contributed by atoms with Gasteiger partial charge in [0.1, 0.15) is 12.3 Å². The predicted octanol–water partition coefficient (Wildman–Crippen LogP) is 2.94. The van der Waals surface area contributed by atoms with E-state index in [1.165, 1.54) is 10.5 Å². The first-order valence-electron chi connectivity index (χ1n) is 8.29. The van der Waals surface area contributed by atoms with Crippen LogP contribution in [-0.4, -0.2) is 23.4 Å². The number of nitrogens with one attached hydrogen (secondary N) is 1. The molecule has 0 spiro atoms. The third kappa shape index (κ3) is 4.35. The summed E-state index contributed by atoms with van der Waals surface area (Å²) >= 11 is 5.35. The Morgan fingerprint density at radius 3 is 2.48 bits per heavy atom. The molecule has 25 heavy (non-hydrogen) atoms. The van der Waals surface area contributed by atoms with Gasteiger partial charge in [-0.05, 0) is 43.4 Å². The van der Waals surface area contributed by atoms with E-state index < -0.39 is 0 Å². The Kier molecular flexibility index (Phi) is 5.63. The summed E-state index contributed by atoms with van der Waals surface area (Å²) in [7, 11) is 1.64. The summed E-state index contributed by atoms with van der Waals surface area (Å²) < 4.78 is 12.6. The molecule has 0 saturated carbocycles. The van der Waals surface area contributed by atoms with Gasteiger partial charge in [-0.1, -0.05) is 30.3 Å². The Morgan fingerprint density at radius 2 is 1.84 bits per heavy atom. The maximum absolute atomic E-state index is 5.68. The zero-order valence-corrected chi connectivity index (χ0v) is 15.3. The lowest BCUT2D eigenvalue weighted by Gasteiger charge is -2.16. The van der Waals surface area contributed by atoms with E-state index in [1.807, 2.05) is 30.3 Å². The monoisotopic (exact) mass is 356 g/mol. The van der Waals surface area contributed by atoms with Crippen LogP contribution in [0, 0.1) is 4.84 Å². The van der Waals surface area contributed by atoms with E-state index in [2.05, 4.69) is 36.3 Å². The van der Waals surface area contributed by atoms with Crippen LogP contribution in [0.3, 0.4) is 0 Å². The maximum Gasteiger partial charge on any atom is 0.292 e. The molecule has 0 aliphatic heterocycles. The Morgan fingerprint density at radius 1 is 1.12 bits per heavy atom. The number of nitrogens with zero attached hydrogens (tertiary/aromatic N) is 2. The number of hydrogen-bond donors (Lipinski definition) is 1. The molecule has 0 bridgehead atoms. The standard InChI is InChI=1S/C19H21N3O2S/c1-3-21(13-15-7-5-4-6-8-15)14-22-19(25)24-18(20-22)16-9-11-17(23-2)12-10-16/h4-12H,3,13-14H2,1-2H3/p+1. The molecule has 0 aliphatic rings. The van der Waals surface area contributed by atoms with E-state index in [0.29, 0.717) is 17.4 Å². The molecule has 3 rings (SSSR count). The van der Waals surface area contributed by atoms with E-state index in [9.17, 15) is 0 Å². The van der Waals surface area contributed by atoms with E-state index in [0.717, 1.165) is 24.4 Å². The molecule has 0 amide bonds. The van der Waals surface area contributed by atoms with Gasteiger partial charge in [0.2, 0.25) is 5.89 Å². The van der Waals surface area contributed by atoms with Crippen molar-refractivity contribution in [3.05, 3.63) is 65.0 Å². The number of aromatic nitrogens is 2. The van der Waals surface area contributed by atoms with Gasteiger partial charge < -0.3 is 14.1 Å². The number of methoxy groups -OCH3 is 1. The molecule has 1 unspecified atom stereocenters. The van der Waals surface area contributed by atoms with Gasteiger partial charge in [0, 0.05) is 11.1 Å². The van der Waals surface area contributed by atoms with Crippen molar-refractivity contribution in [1.82, 2.24) is 9.78 Å². The minimum atomic E-state index is 0.393. The summed E-state index contributed by atoms with van der Waals surface area (Å²) in [5.74, 6) is 1.33. The number of benzene rings is 2. The minimum Gasteiger partial charge on any atom is -0.497 e. The van der Waals surface area contributed by atoms with Gasteiger partial charge >= 0.3 is 0 Å². The molecule has 0 radical (unpaired) electrons. The molecule has 0 fully saturated rings. The molecule has 1 atom stereocenters. The molecule has 0 saturated heterocycles. The predicted molar refractivity (Wildman–Crippen MR) is 99.0 cm³/mol. The van der Waals surface area contributed by atoms with Crippen molar-refractivity contribution in [3.8, 4) is 17.2 Å². The number of quaternary nitrogens is 1. The third-order valence-electron chi connectivity index (χ3n) is 4.11. The lowest BCUT2D eigenvalue weighted by atomic mass is 10.2. The number of hydrogen-bond acceptors (Lipinski definition) is 4. The summed E-state index contributed by atoms with van der Waals surface area (Å²) in [4.78, 5) is 1.75. The first-order chi connectivity index (χ1) is 12.2. The largest absolute Gasteiger partial charge is 0.497 e. The van der Waals surface area contributed by atoms with Gasteiger partial charge in [0.25, 0.3) is 4.84 Å². The highest BCUT2D eigenvalue weighted by atomic mass is 32.1. The van der Waals surface area contributed by atoms with Crippen molar-refractivity contribution in [2.45, 2.75) is 20.1 Å². The van der Waals surface area contributed by atoms with Gasteiger partial charge in [-0.15, -0.1) is 5.10 Å². The second-order valence-electron chi connectivity index (χ2n) is 5.83. The summed E-state index contributed by atoms with van der Waals surface area (Å²) in [5, 5.41) is 4.55. The molecule has 6 heteroatoms. The lowest BCUT2D eigenvalue weighted by molar-refractivity contribution is -0.935. The van der Waals surface area contributed by atoms with Crippen molar-refractivity contribution in [3.63, 3.8) is 0 Å². The Bertz CT molecular complexity index is 856. The van der Waals surface area contributed by atoms with Crippen molar-refractivity contribution in [2.24, 2.45) is 0 Å². The summed E-state index contributed by atoms with van der Waals surface area (Å²) in [6.45, 7) is 4.72. The maximum atomic E-state index is 5.68. The fourth-order valence-electron chi connectivity index (χ4n) is 2.65. The molecular formula is C19H22N3O2S+. The molecule has 1 heterocycles. The quantitative estimate of drug-likeness (QED) is 0.661. The van der Waals surface area contributed by atoms with Crippen LogP contribution >= 0.6 is 12.2 Å². The molecule has 5 nitrogen and oxygen atoms in total. The van der Waals surface area contributed by atoms with Crippen molar-refractivity contribution in [2.75, 3.05) is 13.7 Å². The molecule has 2 aromatic carbocycles. The van der Waals surface area contributed by atoms with Gasteiger partial charge in [0.05, 0.1) is 13.7 Å². The zero-order valence-electron chi connectivity index (χ0n) is 14.4. The fourth-order valence-corrected chi connectivity index (χ4v) is 2.83. The van der Waals surface area contributed by atoms with Crippen molar-refractivity contribution in [1.29, 1.82) is 0 Å². The van der Waals surface area contributed by atoms with Gasteiger partial charge in [0.15, 0.2) is 6.67 Å². The lowest BCUT2D eigenvalue weighted by Crippen LogP contribution is -3.09. The highest BCUT2D eigenvalue weighted by Crippen LogP contribution is 2.20. The Labute approximate surface area is 152 Å². The van der Waals surface area contributed by atoms with Crippen LogP contribution in [0.2, 0.25) is 0 Å². The van der Waals surface area contributed by atoms with Crippen LogP contribution in [0.4, 0.5) is 0 Å². The van der Waals surface area contributed by atoms with Gasteiger partial charge in [-0.2, -0.15) is 4.68 Å². The zero-order chi connectivity index (χ0) is 17.6. The first kappa shape index (κ1) is 17.4. The fraction of sp³-hybridized carbons (Fsp3) is 0.263. The summed E-state index contributed by atoms with van der Waals surface area (Å²) in [6, 6.07) is 18.0. The average molecular weight is 356 g/mol. The molecular weight excluding hydrogens is 334 g/mol. The Balaban J connectivity index is 1.75. The highest BCUT2D eigenvalue weighted by Gasteiger charge is 2.13. The van der Waals surface area contributed by atoms with Gasteiger partial charge in [-0.3, -0.25) is 0 Å². The van der Waals surface area contributed by atoms with Crippen LogP contribution in [0.5, 0.6) is 5.75 Å². The second kappa shape index (κ2) is 8.09. The molecule has 1 N–H and O–H groups in total. The van der Waals surface area contributed by atoms with Crippen LogP contribution in [0.25, 0.3) is 11.5 Å².